The number of fused-ring (bicyclic) bond motifs is 1. The van der Waals surface area contributed by atoms with Gasteiger partial charge >= 0.3 is 0 Å². The van der Waals surface area contributed by atoms with Gasteiger partial charge in [0.25, 0.3) is 0 Å². The summed E-state index contributed by atoms with van der Waals surface area (Å²) in [4.78, 5) is 2.39. The molecule has 0 aliphatic rings. The van der Waals surface area contributed by atoms with E-state index < -0.39 is 0 Å². The number of nitrogens with zero attached hydrogens (tertiary/aromatic N) is 3. The average Bonchev–Trinajstić information content (AvgIpc) is 2.92. The van der Waals surface area contributed by atoms with Crippen molar-refractivity contribution in [1.82, 2.24) is 15.0 Å². The van der Waals surface area contributed by atoms with Crippen LogP contribution in [0.15, 0.2) is 35.2 Å². The van der Waals surface area contributed by atoms with Crippen molar-refractivity contribution in [3.05, 3.63) is 41.5 Å². The molecule has 3 rings (SSSR count). The highest BCUT2D eigenvalue weighted by Crippen LogP contribution is 2.31. The molecule has 0 spiro atoms. The summed E-state index contributed by atoms with van der Waals surface area (Å²) in [5, 5.41) is 19.9. The van der Waals surface area contributed by atoms with E-state index in [1.54, 1.807) is 4.80 Å². The maximum absolute atomic E-state index is 10.8. The molecule has 2 aromatic carbocycles. The molecule has 1 heterocycles. The molecule has 0 atom stereocenters. The lowest BCUT2D eigenvalue weighted by Gasteiger charge is -2.15. The van der Waals surface area contributed by atoms with Gasteiger partial charge in [-0.1, -0.05) is 33.8 Å². The van der Waals surface area contributed by atoms with E-state index in [2.05, 4.69) is 56.6 Å². The molecule has 0 aliphatic carbocycles. The number of hydrogen-bond donors (Lipinski definition) is 2. The number of benzene rings is 2. The van der Waals surface area contributed by atoms with E-state index in [1.807, 2.05) is 24.3 Å². The topological polar surface area (TPSA) is 50.9 Å². The summed E-state index contributed by atoms with van der Waals surface area (Å²) in [6.07, 6.45) is 1.78. The first-order valence-electron chi connectivity index (χ1n) is 8.74. The molecular formula is C20H25N3OS. The molecule has 132 valence electrons. The molecule has 0 aliphatic heterocycles. The predicted octanol–water partition coefficient (Wildman–Crippen LogP) is 4.81. The first-order chi connectivity index (χ1) is 11.8. The summed E-state index contributed by atoms with van der Waals surface area (Å²) in [7, 11) is 0. The second-order valence-corrected chi connectivity index (χ2v) is 8.00. The van der Waals surface area contributed by atoms with Gasteiger partial charge in [0.15, 0.2) is 0 Å². The number of rotatable bonds is 5. The highest BCUT2D eigenvalue weighted by atomic mass is 32.1. The van der Waals surface area contributed by atoms with Crippen LogP contribution in [-0.2, 0) is 12.8 Å². The van der Waals surface area contributed by atoms with Gasteiger partial charge in [-0.25, -0.2) is 0 Å². The zero-order valence-corrected chi connectivity index (χ0v) is 16.1. The lowest BCUT2D eigenvalue weighted by Crippen LogP contribution is -2.05. The number of aromatic hydroxyl groups is 1. The highest BCUT2D eigenvalue weighted by Gasteiger charge is 2.16. The number of phenolic OH excluding ortho intramolecular Hbond substituents is 1. The first-order valence-corrected chi connectivity index (χ1v) is 9.19. The quantitative estimate of drug-likeness (QED) is 0.646. The molecule has 0 fully saturated rings. The fourth-order valence-electron chi connectivity index (χ4n) is 3.09. The van der Waals surface area contributed by atoms with Crippen molar-refractivity contribution < 1.29 is 5.11 Å². The first kappa shape index (κ1) is 17.8. The van der Waals surface area contributed by atoms with Gasteiger partial charge in [0.2, 0.25) is 0 Å². The molecule has 4 nitrogen and oxygen atoms in total. The minimum absolute atomic E-state index is 0.271. The minimum Gasteiger partial charge on any atom is -0.505 e. The maximum atomic E-state index is 10.8. The number of phenols is 1. The molecule has 5 heteroatoms. The van der Waals surface area contributed by atoms with Gasteiger partial charge in [0.05, 0.1) is 0 Å². The molecule has 25 heavy (non-hydrogen) atoms. The van der Waals surface area contributed by atoms with Gasteiger partial charge in [-0.3, -0.25) is 0 Å². The SMILES string of the molecule is CC(C)Cc1cc(CC(C)C)c(O)c(-n2nc3ccc(S)cc3n2)c1. The highest BCUT2D eigenvalue weighted by molar-refractivity contribution is 7.80. The van der Waals surface area contributed by atoms with Crippen molar-refractivity contribution in [2.75, 3.05) is 0 Å². The van der Waals surface area contributed by atoms with E-state index in [0.717, 1.165) is 34.3 Å². The van der Waals surface area contributed by atoms with Crippen LogP contribution in [0, 0.1) is 11.8 Å². The van der Waals surface area contributed by atoms with Crippen LogP contribution in [-0.4, -0.2) is 20.1 Å². The largest absolute Gasteiger partial charge is 0.505 e. The second-order valence-electron chi connectivity index (χ2n) is 7.48. The molecule has 3 aromatic rings. The molecule has 0 radical (unpaired) electrons. The van der Waals surface area contributed by atoms with Crippen LogP contribution in [0.1, 0.15) is 38.8 Å². The van der Waals surface area contributed by atoms with Crippen LogP contribution >= 0.6 is 12.6 Å². The Morgan fingerprint density at radius 1 is 0.960 bits per heavy atom. The van der Waals surface area contributed by atoms with Crippen LogP contribution in [0.3, 0.4) is 0 Å². The number of aromatic nitrogens is 3. The van der Waals surface area contributed by atoms with Gasteiger partial charge < -0.3 is 5.11 Å². The van der Waals surface area contributed by atoms with Crippen LogP contribution in [0.4, 0.5) is 0 Å². The third-order valence-electron chi connectivity index (χ3n) is 4.08. The fourth-order valence-corrected chi connectivity index (χ4v) is 3.29. The smallest absolute Gasteiger partial charge is 0.146 e. The minimum atomic E-state index is 0.271. The summed E-state index contributed by atoms with van der Waals surface area (Å²) in [5.74, 6) is 1.28. The Morgan fingerprint density at radius 2 is 1.64 bits per heavy atom. The van der Waals surface area contributed by atoms with Crippen molar-refractivity contribution in [3.8, 4) is 11.4 Å². The summed E-state index contributed by atoms with van der Waals surface area (Å²) >= 11 is 4.36. The predicted molar refractivity (Wildman–Crippen MR) is 105 cm³/mol. The number of thiol groups is 1. The standard InChI is InChI=1S/C20H25N3OS/c1-12(2)7-14-9-15(8-13(3)4)20(24)19(10-14)23-21-17-6-5-16(25)11-18(17)22-23/h5-6,9-13,24-25H,7-8H2,1-4H3. The van der Waals surface area contributed by atoms with Gasteiger partial charge in [0, 0.05) is 4.90 Å². The third kappa shape index (κ3) is 3.98. The zero-order valence-electron chi connectivity index (χ0n) is 15.2. The summed E-state index contributed by atoms with van der Waals surface area (Å²) in [5.41, 5.74) is 4.36. The van der Waals surface area contributed by atoms with E-state index >= 15 is 0 Å². The molecule has 0 unspecified atom stereocenters. The molecule has 1 aromatic heterocycles. The second kappa shape index (κ2) is 7.08. The lowest BCUT2D eigenvalue weighted by molar-refractivity contribution is 0.454. The summed E-state index contributed by atoms with van der Waals surface area (Å²) < 4.78 is 0. The van der Waals surface area contributed by atoms with Gasteiger partial charge in [-0.05, 0) is 60.1 Å². The van der Waals surface area contributed by atoms with E-state index in [-0.39, 0.29) is 5.75 Å². The van der Waals surface area contributed by atoms with Gasteiger partial charge in [0.1, 0.15) is 22.5 Å². The molecule has 0 amide bonds. The van der Waals surface area contributed by atoms with Crippen molar-refractivity contribution >= 4 is 23.7 Å². The fraction of sp³-hybridized carbons (Fsp3) is 0.400. The molecule has 1 N–H and O–H groups in total. The molecule has 0 bridgehead atoms. The van der Waals surface area contributed by atoms with E-state index in [9.17, 15) is 5.11 Å². The zero-order chi connectivity index (χ0) is 18.1. The Morgan fingerprint density at radius 3 is 2.32 bits per heavy atom. The van der Waals surface area contributed by atoms with Crippen LogP contribution in [0.25, 0.3) is 16.7 Å². The van der Waals surface area contributed by atoms with Gasteiger partial charge in [-0.15, -0.1) is 27.6 Å². The Hall–Kier alpha value is -2.01. The van der Waals surface area contributed by atoms with E-state index in [0.29, 0.717) is 17.5 Å². The van der Waals surface area contributed by atoms with E-state index in [4.69, 9.17) is 0 Å². The normalized spacial score (nSPS) is 11.8. The Balaban J connectivity index is 2.14. The van der Waals surface area contributed by atoms with Gasteiger partial charge in [-0.2, -0.15) is 0 Å². The van der Waals surface area contributed by atoms with Crippen LogP contribution < -0.4 is 0 Å². The maximum Gasteiger partial charge on any atom is 0.146 e. The van der Waals surface area contributed by atoms with Crippen molar-refractivity contribution in [2.24, 2.45) is 11.8 Å². The van der Waals surface area contributed by atoms with Crippen LogP contribution in [0.2, 0.25) is 0 Å². The monoisotopic (exact) mass is 355 g/mol. The number of hydrogen-bond acceptors (Lipinski definition) is 4. The molecule has 0 saturated heterocycles. The molecular weight excluding hydrogens is 330 g/mol. The third-order valence-corrected chi connectivity index (χ3v) is 4.36. The Bertz CT molecular complexity index is 899. The lowest BCUT2D eigenvalue weighted by atomic mass is 9.95. The Kier molecular flexibility index (Phi) is 5.04. The van der Waals surface area contributed by atoms with E-state index in [1.165, 1.54) is 5.56 Å². The van der Waals surface area contributed by atoms with Crippen molar-refractivity contribution in [1.29, 1.82) is 0 Å². The molecule has 0 saturated carbocycles. The average molecular weight is 356 g/mol. The van der Waals surface area contributed by atoms with Crippen LogP contribution in [0.5, 0.6) is 5.75 Å². The van der Waals surface area contributed by atoms with Crippen molar-refractivity contribution in [3.63, 3.8) is 0 Å². The Labute approximate surface area is 154 Å². The van der Waals surface area contributed by atoms with Crippen molar-refractivity contribution in [2.45, 2.75) is 45.4 Å². The summed E-state index contributed by atoms with van der Waals surface area (Å²) in [6.45, 7) is 8.71. The summed E-state index contributed by atoms with van der Waals surface area (Å²) in [6, 6.07) is 9.79.